The minimum Gasteiger partial charge on any atom is -0.368 e. The number of piperazine rings is 1. The van der Waals surface area contributed by atoms with Gasteiger partial charge in [0, 0.05) is 43.6 Å². The van der Waals surface area contributed by atoms with Crippen LogP contribution < -0.4 is 5.32 Å². The number of carbonyl (C=O) groups excluding carboxylic acids is 1. The van der Waals surface area contributed by atoms with E-state index in [9.17, 15) is 4.79 Å². The number of hydrogen-bond donors (Lipinski definition) is 1. The fourth-order valence-electron chi connectivity index (χ4n) is 3.98. The van der Waals surface area contributed by atoms with E-state index in [1.807, 2.05) is 30.5 Å². The molecule has 0 bridgehead atoms. The smallest absolute Gasteiger partial charge is 0.255 e. The van der Waals surface area contributed by atoms with Crippen LogP contribution in [-0.2, 0) is 4.79 Å². The van der Waals surface area contributed by atoms with Crippen molar-refractivity contribution >= 4 is 11.5 Å². The zero-order valence-corrected chi connectivity index (χ0v) is 16.1. The van der Waals surface area contributed by atoms with Gasteiger partial charge < -0.3 is 10.2 Å². The lowest BCUT2D eigenvalue weighted by atomic mass is 9.89. The summed E-state index contributed by atoms with van der Waals surface area (Å²) in [6, 6.07) is 10.7. The van der Waals surface area contributed by atoms with Gasteiger partial charge in [-0.25, -0.2) is 0 Å². The molecule has 3 heterocycles. The largest absolute Gasteiger partial charge is 0.368 e. The molecule has 1 saturated heterocycles. The zero-order valence-electron chi connectivity index (χ0n) is 16.1. The molecular weight excluding hydrogens is 334 g/mol. The molecule has 0 spiro atoms. The molecule has 2 unspecified atom stereocenters. The van der Waals surface area contributed by atoms with E-state index in [2.05, 4.69) is 54.4 Å². The van der Waals surface area contributed by atoms with E-state index in [4.69, 9.17) is 0 Å². The summed E-state index contributed by atoms with van der Waals surface area (Å²) in [5, 5.41) is 3.47. The normalized spacial score (nSPS) is 25.9. The first-order valence-electron chi connectivity index (χ1n) is 9.80. The molecule has 0 aromatic heterocycles. The molecule has 3 aliphatic rings. The lowest BCUT2D eigenvalue weighted by Crippen LogP contribution is -2.48. The summed E-state index contributed by atoms with van der Waals surface area (Å²) in [6.45, 7) is 7.28. The van der Waals surface area contributed by atoms with Crippen LogP contribution in [0.25, 0.3) is 5.57 Å². The van der Waals surface area contributed by atoms with Crippen molar-refractivity contribution in [2.75, 3.05) is 19.6 Å². The van der Waals surface area contributed by atoms with E-state index < -0.39 is 0 Å². The SMILES string of the molecule is CC1CN(C2=CN3C(=O)C=C(c4ccccc4)C(C)CC=C3C=C2)CCN1. The van der Waals surface area contributed by atoms with Gasteiger partial charge in [0.15, 0.2) is 0 Å². The van der Waals surface area contributed by atoms with E-state index in [1.165, 1.54) is 0 Å². The van der Waals surface area contributed by atoms with Crippen molar-refractivity contribution in [3.05, 3.63) is 77.8 Å². The Morgan fingerprint density at radius 3 is 2.63 bits per heavy atom. The standard InChI is InChI=1S/C23H27N3O/c1-17-8-9-20-10-11-21(25-13-12-24-18(2)15-25)16-26(20)23(27)14-22(17)19-6-4-3-5-7-19/h3-7,9-11,14,16-18,24H,8,12-13,15H2,1-2H3. The van der Waals surface area contributed by atoms with Gasteiger partial charge in [0.2, 0.25) is 0 Å². The van der Waals surface area contributed by atoms with Crippen LogP contribution in [0.5, 0.6) is 0 Å². The topological polar surface area (TPSA) is 35.6 Å². The van der Waals surface area contributed by atoms with Crippen LogP contribution in [0.4, 0.5) is 0 Å². The Labute approximate surface area is 161 Å². The molecule has 4 heteroatoms. The van der Waals surface area contributed by atoms with Gasteiger partial charge in [-0.05, 0) is 42.6 Å². The molecule has 1 aromatic carbocycles. The highest BCUT2D eigenvalue weighted by molar-refractivity contribution is 5.98. The number of amides is 1. The first-order chi connectivity index (χ1) is 13.1. The van der Waals surface area contributed by atoms with Gasteiger partial charge in [-0.2, -0.15) is 0 Å². The van der Waals surface area contributed by atoms with Crippen LogP contribution in [0.3, 0.4) is 0 Å². The summed E-state index contributed by atoms with van der Waals surface area (Å²) in [6.07, 6.45) is 11.1. The molecule has 140 valence electrons. The summed E-state index contributed by atoms with van der Waals surface area (Å²) < 4.78 is 0. The third-order valence-electron chi connectivity index (χ3n) is 5.53. The van der Waals surface area contributed by atoms with Crippen molar-refractivity contribution in [2.24, 2.45) is 5.92 Å². The number of allylic oxidation sites excluding steroid dienone is 4. The quantitative estimate of drug-likeness (QED) is 0.875. The second kappa shape index (κ2) is 7.57. The molecule has 1 aromatic rings. The van der Waals surface area contributed by atoms with Crippen molar-refractivity contribution in [1.29, 1.82) is 0 Å². The van der Waals surface area contributed by atoms with Gasteiger partial charge in [0.1, 0.15) is 0 Å². The number of benzene rings is 1. The first kappa shape index (κ1) is 17.8. The number of nitrogens with one attached hydrogen (secondary N) is 1. The van der Waals surface area contributed by atoms with E-state index in [0.29, 0.717) is 12.0 Å². The lowest BCUT2D eigenvalue weighted by Gasteiger charge is -2.36. The number of hydrogen-bond acceptors (Lipinski definition) is 3. The lowest BCUT2D eigenvalue weighted by molar-refractivity contribution is -0.122. The Kier molecular flexibility index (Phi) is 4.99. The summed E-state index contributed by atoms with van der Waals surface area (Å²) in [5.74, 6) is 0.329. The molecule has 1 fully saturated rings. The molecule has 4 nitrogen and oxygen atoms in total. The molecule has 0 saturated carbocycles. The Morgan fingerprint density at radius 1 is 1.07 bits per heavy atom. The fourth-order valence-corrected chi connectivity index (χ4v) is 3.98. The highest BCUT2D eigenvalue weighted by Crippen LogP contribution is 2.31. The third-order valence-corrected chi connectivity index (χ3v) is 5.53. The van der Waals surface area contributed by atoms with Crippen molar-refractivity contribution < 1.29 is 4.79 Å². The molecule has 0 radical (unpaired) electrons. The van der Waals surface area contributed by atoms with Crippen LogP contribution in [0.2, 0.25) is 0 Å². The van der Waals surface area contributed by atoms with Crippen molar-refractivity contribution in [3.8, 4) is 0 Å². The Balaban J connectivity index is 1.64. The van der Waals surface area contributed by atoms with Gasteiger partial charge in [-0.15, -0.1) is 0 Å². The first-order valence-corrected chi connectivity index (χ1v) is 9.80. The van der Waals surface area contributed by atoms with Crippen molar-refractivity contribution in [2.45, 2.75) is 26.3 Å². The Bertz CT molecular complexity index is 834. The van der Waals surface area contributed by atoms with Gasteiger partial charge in [-0.3, -0.25) is 9.69 Å². The molecule has 4 rings (SSSR count). The predicted molar refractivity (Wildman–Crippen MR) is 109 cm³/mol. The second-order valence-corrected chi connectivity index (χ2v) is 7.63. The van der Waals surface area contributed by atoms with Gasteiger partial charge >= 0.3 is 0 Å². The van der Waals surface area contributed by atoms with E-state index in [1.54, 1.807) is 4.90 Å². The van der Waals surface area contributed by atoms with E-state index >= 15 is 0 Å². The van der Waals surface area contributed by atoms with Crippen molar-refractivity contribution in [3.63, 3.8) is 0 Å². The maximum atomic E-state index is 13.1. The molecule has 2 atom stereocenters. The maximum Gasteiger partial charge on any atom is 0.255 e. The maximum absolute atomic E-state index is 13.1. The Hall–Kier alpha value is -2.59. The number of carbonyl (C=O) groups is 1. The Morgan fingerprint density at radius 2 is 1.85 bits per heavy atom. The van der Waals surface area contributed by atoms with Gasteiger partial charge in [-0.1, -0.05) is 43.3 Å². The average molecular weight is 361 g/mol. The molecule has 1 N–H and O–H groups in total. The molecule has 27 heavy (non-hydrogen) atoms. The minimum absolute atomic E-state index is 0.0247. The molecule has 0 aliphatic carbocycles. The van der Waals surface area contributed by atoms with E-state index in [0.717, 1.165) is 48.6 Å². The van der Waals surface area contributed by atoms with Crippen LogP contribution in [0.1, 0.15) is 25.8 Å². The number of fused-ring (bicyclic) bond motifs is 1. The third kappa shape index (κ3) is 3.76. The van der Waals surface area contributed by atoms with Gasteiger partial charge in [0.25, 0.3) is 5.91 Å². The van der Waals surface area contributed by atoms with Crippen LogP contribution in [0, 0.1) is 5.92 Å². The average Bonchev–Trinajstić information content (AvgIpc) is 2.69. The summed E-state index contributed by atoms with van der Waals surface area (Å²) >= 11 is 0. The minimum atomic E-state index is 0.0247. The van der Waals surface area contributed by atoms with Crippen LogP contribution in [-0.4, -0.2) is 41.4 Å². The van der Waals surface area contributed by atoms with Gasteiger partial charge in [0.05, 0.1) is 5.70 Å². The second-order valence-electron chi connectivity index (χ2n) is 7.63. The molecule has 3 aliphatic heterocycles. The summed E-state index contributed by atoms with van der Waals surface area (Å²) in [5.41, 5.74) is 4.32. The van der Waals surface area contributed by atoms with Crippen LogP contribution in [0.15, 0.2) is 72.2 Å². The highest BCUT2D eigenvalue weighted by atomic mass is 16.2. The number of nitrogens with zero attached hydrogens (tertiary/aromatic N) is 2. The fraction of sp³-hybridized carbons (Fsp3) is 0.348. The van der Waals surface area contributed by atoms with Crippen molar-refractivity contribution in [1.82, 2.24) is 15.1 Å². The predicted octanol–water partition coefficient (Wildman–Crippen LogP) is 3.53. The highest BCUT2D eigenvalue weighted by Gasteiger charge is 2.25. The monoisotopic (exact) mass is 361 g/mol. The molecule has 1 amide bonds. The summed E-state index contributed by atoms with van der Waals surface area (Å²) in [7, 11) is 0. The van der Waals surface area contributed by atoms with Crippen LogP contribution >= 0.6 is 0 Å². The molecular formula is C23H27N3O. The summed E-state index contributed by atoms with van der Waals surface area (Å²) in [4.78, 5) is 17.3. The zero-order chi connectivity index (χ0) is 18.8. The number of rotatable bonds is 2. The van der Waals surface area contributed by atoms with E-state index in [-0.39, 0.29) is 5.91 Å².